The first kappa shape index (κ1) is 14.4. The number of aliphatic hydroxyl groups excluding tert-OH is 1. The zero-order chi connectivity index (χ0) is 14.1. The lowest BCUT2D eigenvalue weighted by molar-refractivity contribution is 0.0614. The average Bonchev–Trinajstić information content (AvgIpc) is 2.35. The van der Waals surface area contributed by atoms with Crippen LogP contribution in [-0.2, 0) is 0 Å². The van der Waals surface area contributed by atoms with Crippen molar-refractivity contribution in [1.29, 1.82) is 0 Å². The molecule has 0 bridgehead atoms. The second-order valence-electron chi connectivity index (χ2n) is 6.86. The van der Waals surface area contributed by atoms with Crippen molar-refractivity contribution in [3.63, 3.8) is 0 Å². The summed E-state index contributed by atoms with van der Waals surface area (Å²) in [4.78, 5) is 0. The van der Waals surface area contributed by atoms with Crippen LogP contribution in [0.5, 0.6) is 5.75 Å². The minimum absolute atomic E-state index is 0.0998. The fourth-order valence-electron chi connectivity index (χ4n) is 2.44. The molecule has 1 aromatic rings. The summed E-state index contributed by atoms with van der Waals surface area (Å²) in [6.07, 6.45) is 0.936. The van der Waals surface area contributed by atoms with Crippen LogP contribution in [0.1, 0.15) is 45.7 Å². The van der Waals surface area contributed by atoms with E-state index in [2.05, 4.69) is 39.1 Å². The highest BCUT2D eigenvalue weighted by Gasteiger charge is 2.34. The van der Waals surface area contributed by atoms with Crippen LogP contribution < -0.4 is 10.1 Å². The van der Waals surface area contributed by atoms with E-state index in [0.717, 1.165) is 18.7 Å². The molecule has 1 atom stereocenters. The average molecular weight is 263 g/mol. The van der Waals surface area contributed by atoms with Gasteiger partial charge in [-0.1, -0.05) is 32.0 Å². The van der Waals surface area contributed by atoms with Crippen LogP contribution in [0.25, 0.3) is 0 Å². The second-order valence-corrected chi connectivity index (χ2v) is 6.86. The Balaban J connectivity index is 2.16. The van der Waals surface area contributed by atoms with Gasteiger partial charge in [-0.05, 0) is 19.9 Å². The van der Waals surface area contributed by atoms with Gasteiger partial charge in [-0.15, -0.1) is 0 Å². The fraction of sp³-hybridized carbons (Fsp3) is 0.625. The molecule has 0 aliphatic carbocycles. The van der Waals surface area contributed by atoms with Gasteiger partial charge in [0, 0.05) is 36.6 Å². The van der Waals surface area contributed by atoms with Crippen molar-refractivity contribution < 1.29 is 9.84 Å². The molecule has 1 aromatic carbocycles. The van der Waals surface area contributed by atoms with Gasteiger partial charge in [0.15, 0.2) is 0 Å². The summed E-state index contributed by atoms with van der Waals surface area (Å²) in [6, 6.07) is 8.49. The molecule has 2 rings (SSSR count). The Hall–Kier alpha value is -1.06. The minimum atomic E-state index is -0.157. The summed E-state index contributed by atoms with van der Waals surface area (Å²) in [5.74, 6) is 0.970. The van der Waals surface area contributed by atoms with Gasteiger partial charge >= 0.3 is 0 Å². The van der Waals surface area contributed by atoms with Gasteiger partial charge in [0.25, 0.3) is 0 Å². The molecule has 0 saturated heterocycles. The summed E-state index contributed by atoms with van der Waals surface area (Å²) in [5, 5.41) is 12.9. The maximum atomic E-state index is 9.36. The molecule has 0 saturated carbocycles. The highest BCUT2D eigenvalue weighted by Crippen LogP contribution is 2.39. The molecule has 1 heterocycles. The molecule has 19 heavy (non-hydrogen) atoms. The fourth-order valence-corrected chi connectivity index (χ4v) is 2.44. The number of hydrogen-bond donors (Lipinski definition) is 2. The third-order valence-corrected chi connectivity index (χ3v) is 3.63. The lowest BCUT2D eigenvalue weighted by Crippen LogP contribution is -2.42. The van der Waals surface area contributed by atoms with E-state index >= 15 is 0 Å². The monoisotopic (exact) mass is 263 g/mol. The number of para-hydroxylation sites is 1. The Bertz CT molecular complexity index is 440. The molecule has 2 N–H and O–H groups in total. The van der Waals surface area contributed by atoms with Crippen LogP contribution in [0.3, 0.4) is 0 Å². The van der Waals surface area contributed by atoms with Crippen molar-refractivity contribution in [3.8, 4) is 5.75 Å². The molecule has 106 valence electrons. The molecule has 0 amide bonds. The highest BCUT2D eigenvalue weighted by molar-refractivity contribution is 5.38. The maximum Gasteiger partial charge on any atom is 0.124 e. The first-order chi connectivity index (χ1) is 8.83. The number of aliphatic hydroxyl groups is 1. The summed E-state index contributed by atoms with van der Waals surface area (Å²) in [6.45, 7) is 9.35. The van der Waals surface area contributed by atoms with Gasteiger partial charge in [-0.3, -0.25) is 0 Å². The zero-order valence-electron chi connectivity index (χ0n) is 12.4. The van der Waals surface area contributed by atoms with E-state index in [1.165, 1.54) is 5.56 Å². The zero-order valence-corrected chi connectivity index (χ0v) is 12.4. The van der Waals surface area contributed by atoms with E-state index in [1.54, 1.807) is 0 Å². The Morgan fingerprint density at radius 2 is 2.05 bits per heavy atom. The number of hydrogen-bond acceptors (Lipinski definition) is 3. The summed E-state index contributed by atoms with van der Waals surface area (Å²) in [7, 11) is 0. The third-order valence-electron chi connectivity index (χ3n) is 3.63. The molecule has 0 aromatic heterocycles. The van der Waals surface area contributed by atoms with Crippen molar-refractivity contribution >= 4 is 0 Å². The minimum Gasteiger partial charge on any atom is -0.487 e. The topological polar surface area (TPSA) is 41.5 Å². The highest BCUT2D eigenvalue weighted by atomic mass is 16.5. The van der Waals surface area contributed by atoms with Gasteiger partial charge < -0.3 is 15.2 Å². The summed E-state index contributed by atoms with van der Waals surface area (Å²) >= 11 is 0. The number of rotatable bonds is 4. The third kappa shape index (κ3) is 3.48. The molecule has 1 aliphatic rings. The largest absolute Gasteiger partial charge is 0.487 e. The molecule has 3 nitrogen and oxygen atoms in total. The molecule has 0 radical (unpaired) electrons. The van der Waals surface area contributed by atoms with Crippen LogP contribution in [0.4, 0.5) is 0 Å². The van der Waals surface area contributed by atoms with Crippen LogP contribution >= 0.6 is 0 Å². The number of benzene rings is 1. The van der Waals surface area contributed by atoms with Crippen molar-refractivity contribution in [1.82, 2.24) is 5.32 Å². The normalized spacial score (nSPS) is 21.6. The van der Waals surface area contributed by atoms with E-state index in [-0.39, 0.29) is 23.7 Å². The Kier molecular flexibility index (Phi) is 3.88. The molecular formula is C16H25NO2. The number of fused-ring (bicyclic) bond motifs is 1. The van der Waals surface area contributed by atoms with E-state index in [4.69, 9.17) is 4.74 Å². The van der Waals surface area contributed by atoms with Gasteiger partial charge in [0.1, 0.15) is 11.4 Å². The number of ether oxygens (including phenoxy) is 1. The van der Waals surface area contributed by atoms with Crippen LogP contribution in [0.15, 0.2) is 24.3 Å². The lowest BCUT2D eigenvalue weighted by atomic mass is 9.88. The molecule has 0 fully saturated rings. The number of nitrogens with one attached hydrogen (secondary N) is 1. The molecule has 1 aliphatic heterocycles. The Morgan fingerprint density at radius 1 is 1.37 bits per heavy atom. The van der Waals surface area contributed by atoms with Gasteiger partial charge in [0.2, 0.25) is 0 Å². The van der Waals surface area contributed by atoms with Crippen LogP contribution in [0, 0.1) is 5.41 Å². The smallest absolute Gasteiger partial charge is 0.124 e. The van der Waals surface area contributed by atoms with E-state index in [1.807, 2.05) is 18.2 Å². The van der Waals surface area contributed by atoms with Crippen molar-refractivity contribution in [3.05, 3.63) is 29.8 Å². The van der Waals surface area contributed by atoms with Crippen LogP contribution in [0.2, 0.25) is 0 Å². The van der Waals surface area contributed by atoms with E-state index < -0.39 is 0 Å². The van der Waals surface area contributed by atoms with Crippen molar-refractivity contribution in [2.75, 3.05) is 13.2 Å². The van der Waals surface area contributed by atoms with Crippen molar-refractivity contribution in [2.24, 2.45) is 5.41 Å². The van der Waals surface area contributed by atoms with Crippen molar-refractivity contribution in [2.45, 2.75) is 45.8 Å². The second kappa shape index (κ2) is 5.14. The van der Waals surface area contributed by atoms with E-state index in [0.29, 0.717) is 0 Å². The van der Waals surface area contributed by atoms with E-state index in [9.17, 15) is 5.11 Å². The Morgan fingerprint density at radius 3 is 2.74 bits per heavy atom. The summed E-state index contributed by atoms with van der Waals surface area (Å²) < 4.78 is 6.02. The quantitative estimate of drug-likeness (QED) is 0.877. The lowest BCUT2D eigenvalue weighted by Gasteiger charge is -2.39. The van der Waals surface area contributed by atoms with Gasteiger partial charge in [-0.25, -0.2) is 0 Å². The molecule has 1 unspecified atom stereocenters. The summed E-state index contributed by atoms with van der Waals surface area (Å²) in [5.41, 5.74) is 0.961. The molecule has 3 heteroatoms. The van der Waals surface area contributed by atoms with Crippen LogP contribution in [-0.4, -0.2) is 23.9 Å². The predicted molar refractivity (Wildman–Crippen MR) is 77.4 cm³/mol. The molecule has 0 spiro atoms. The Labute approximate surface area is 116 Å². The van der Waals surface area contributed by atoms with Gasteiger partial charge in [0.05, 0.1) is 0 Å². The first-order valence-electron chi connectivity index (χ1n) is 6.95. The molecular weight excluding hydrogens is 238 g/mol. The first-order valence-corrected chi connectivity index (χ1v) is 6.95. The SMILES string of the molecule is CC(C)(CO)CNC1CC(C)(C)Oc2ccccc21. The predicted octanol–water partition coefficient (Wildman–Crippen LogP) is 2.90. The maximum absolute atomic E-state index is 9.36. The standard InChI is InChI=1S/C16H25NO2/c1-15(2,11-18)10-17-13-9-16(3,4)19-14-8-6-5-7-12(13)14/h5-8,13,17-18H,9-11H2,1-4H3. The van der Waals surface area contributed by atoms with Gasteiger partial charge in [-0.2, -0.15) is 0 Å².